The molecule has 198 valence electrons. The number of hydrogen-bond acceptors (Lipinski definition) is 4. The number of nitrogens with zero attached hydrogens (tertiary/aromatic N) is 1. The lowest BCUT2D eigenvalue weighted by Gasteiger charge is -2.38. The maximum Gasteiger partial charge on any atom is 0.317 e. The number of nitrogens with one attached hydrogen (secondary N) is 2. The fraction of sp³-hybridized carbons (Fsp3) is 0.741. The molecule has 2 amide bonds. The molecule has 0 aromatic heterocycles. The SMILES string of the molecule is CNC[C@H](CC1CCCCC1)NC(=O)N1CCC[C@@H]([C@@H](OCCCOC)c2cccc(Cl)c2F)C1. The molecule has 1 saturated heterocycles. The maximum absolute atomic E-state index is 15.0. The normalized spacial score (nSPS) is 21.0. The van der Waals surface area contributed by atoms with Crippen molar-refractivity contribution in [1.29, 1.82) is 0 Å². The van der Waals surface area contributed by atoms with Gasteiger partial charge in [0.1, 0.15) is 5.82 Å². The van der Waals surface area contributed by atoms with Gasteiger partial charge in [0.15, 0.2) is 0 Å². The smallest absolute Gasteiger partial charge is 0.317 e. The van der Waals surface area contributed by atoms with E-state index in [2.05, 4.69) is 10.6 Å². The highest BCUT2D eigenvalue weighted by Gasteiger charge is 2.33. The van der Waals surface area contributed by atoms with Crippen LogP contribution >= 0.6 is 11.6 Å². The van der Waals surface area contributed by atoms with Crippen LogP contribution < -0.4 is 10.6 Å². The summed E-state index contributed by atoms with van der Waals surface area (Å²) in [5.74, 6) is 0.243. The van der Waals surface area contributed by atoms with Crippen LogP contribution in [0.3, 0.4) is 0 Å². The van der Waals surface area contributed by atoms with E-state index >= 15 is 0 Å². The van der Waals surface area contributed by atoms with Crippen LogP contribution in [0.2, 0.25) is 5.02 Å². The molecule has 0 radical (unpaired) electrons. The first-order valence-electron chi connectivity index (χ1n) is 13.3. The van der Waals surface area contributed by atoms with Gasteiger partial charge in [-0.1, -0.05) is 55.8 Å². The van der Waals surface area contributed by atoms with E-state index in [1.54, 1.807) is 25.3 Å². The molecule has 1 aromatic carbocycles. The number of methoxy groups -OCH3 is 1. The number of carbonyl (C=O) groups excluding carboxylic acids is 1. The van der Waals surface area contributed by atoms with Gasteiger partial charge in [0.25, 0.3) is 0 Å². The summed E-state index contributed by atoms with van der Waals surface area (Å²) in [6.45, 7) is 3.03. The molecular weight excluding hydrogens is 469 g/mol. The third-order valence-electron chi connectivity index (χ3n) is 7.37. The van der Waals surface area contributed by atoms with Crippen LogP contribution in [0.5, 0.6) is 0 Å². The Balaban J connectivity index is 1.66. The van der Waals surface area contributed by atoms with E-state index < -0.39 is 11.9 Å². The summed E-state index contributed by atoms with van der Waals surface area (Å²) < 4.78 is 26.3. The van der Waals surface area contributed by atoms with Crippen molar-refractivity contribution in [3.63, 3.8) is 0 Å². The van der Waals surface area contributed by atoms with Gasteiger partial charge in [-0.3, -0.25) is 0 Å². The summed E-state index contributed by atoms with van der Waals surface area (Å²) >= 11 is 6.10. The van der Waals surface area contributed by atoms with Crippen LogP contribution in [0.15, 0.2) is 18.2 Å². The number of carbonyl (C=O) groups is 1. The van der Waals surface area contributed by atoms with E-state index in [4.69, 9.17) is 21.1 Å². The van der Waals surface area contributed by atoms with Crippen molar-refractivity contribution in [3.8, 4) is 0 Å². The van der Waals surface area contributed by atoms with Gasteiger partial charge in [-0.25, -0.2) is 9.18 Å². The number of likely N-dealkylation sites (N-methyl/N-ethyl adjacent to an activating group) is 1. The molecular formula is C27H43ClFN3O3. The lowest BCUT2D eigenvalue weighted by Crippen LogP contribution is -2.52. The third-order valence-corrected chi connectivity index (χ3v) is 7.66. The minimum absolute atomic E-state index is 0.00824. The second-order valence-electron chi connectivity index (χ2n) is 10.1. The number of amides is 2. The second-order valence-corrected chi connectivity index (χ2v) is 10.5. The van der Waals surface area contributed by atoms with E-state index in [0.717, 1.165) is 32.2 Å². The number of halogens is 2. The van der Waals surface area contributed by atoms with E-state index in [1.807, 2.05) is 11.9 Å². The number of ether oxygens (including phenoxy) is 2. The van der Waals surface area contributed by atoms with Gasteiger partial charge in [0, 0.05) is 57.5 Å². The quantitative estimate of drug-likeness (QED) is 0.361. The molecule has 6 nitrogen and oxygen atoms in total. The van der Waals surface area contributed by atoms with Crippen molar-refractivity contribution >= 4 is 17.6 Å². The minimum atomic E-state index is -0.462. The van der Waals surface area contributed by atoms with E-state index in [1.165, 1.54) is 32.1 Å². The summed E-state index contributed by atoms with van der Waals surface area (Å²) in [7, 11) is 3.59. The molecule has 35 heavy (non-hydrogen) atoms. The summed E-state index contributed by atoms with van der Waals surface area (Å²) in [6, 6.07) is 5.14. The Morgan fingerprint density at radius 2 is 2.00 bits per heavy atom. The largest absolute Gasteiger partial charge is 0.385 e. The minimum Gasteiger partial charge on any atom is -0.385 e. The van der Waals surface area contributed by atoms with Crippen molar-refractivity contribution in [2.75, 3.05) is 47.0 Å². The van der Waals surface area contributed by atoms with Gasteiger partial charge in [-0.15, -0.1) is 0 Å². The molecule has 3 atom stereocenters. The first-order valence-corrected chi connectivity index (χ1v) is 13.7. The second kappa shape index (κ2) is 15.0. The van der Waals surface area contributed by atoms with Crippen LogP contribution in [-0.2, 0) is 9.47 Å². The zero-order chi connectivity index (χ0) is 25.0. The number of benzene rings is 1. The van der Waals surface area contributed by atoms with Crippen molar-refractivity contribution in [3.05, 3.63) is 34.6 Å². The predicted octanol–water partition coefficient (Wildman–Crippen LogP) is 5.55. The van der Waals surface area contributed by atoms with Gasteiger partial charge in [0.05, 0.1) is 11.1 Å². The van der Waals surface area contributed by atoms with Crippen molar-refractivity contribution in [2.24, 2.45) is 11.8 Å². The fourth-order valence-electron chi connectivity index (χ4n) is 5.61. The third kappa shape index (κ3) is 8.59. The fourth-order valence-corrected chi connectivity index (χ4v) is 5.79. The summed E-state index contributed by atoms with van der Waals surface area (Å²) in [6.07, 6.45) is 9.44. The molecule has 8 heteroatoms. The lowest BCUT2D eigenvalue weighted by molar-refractivity contribution is -0.0185. The first kappa shape index (κ1) is 28.2. The Kier molecular flexibility index (Phi) is 12.1. The van der Waals surface area contributed by atoms with Crippen LogP contribution in [0.4, 0.5) is 9.18 Å². The number of likely N-dealkylation sites (tertiary alicyclic amines) is 1. The number of rotatable bonds is 12. The van der Waals surface area contributed by atoms with Gasteiger partial charge < -0.3 is 25.0 Å². The molecule has 2 fully saturated rings. The van der Waals surface area contributed by atoms with Crippen molar-refractivity contribution in [1.82, 2.24) is 15.5 Å². The number of hydrogen-bond donors (Lipinski definition) is 2. The Labute approximate surface area is 215 Å². The Morgan fingerprint density at radius 3 is 2.74 bits per heavy atom. The average molecular weight is 512 g/mol. The van der Waals surface area contributed by atoms with Crippen LogP contribution in [-0.4, -0.2) is 64.0 Å². The summed E-state index contributed by atoms with van der Waals surface area (Å²) in [5, 5.41) is 6.62. The maximum atomic E-state index is 15.0. The molecule has 3 rings (SSSR count). The molecule has 0 unspecified atom stereocenters. The molecule has 0 spiro atoms. The number of piperidine rings is 1. The number of urea groups is 1. The lowest BCUT2D eigenvalue weighted by atomic mass is 9.85. The van der Waals surface area contributed by atoms with Crippen molar-refractivity contribution in [2.45, 2.75) is 69.9 Å². The zero-order valence-corrected chi connectivity index (χ0v) is 22.1. The van der Waals surface area contributed by atoms with E-state index in [0.29, 0.717) is 37.8 Å². The van der Waals surface area contributed by atoms with Crippen LogP contribution in [0.25, 0.3) is 0 Å². The summed E-state index contributed by atoms with van der Waals surface area (Å²) in [4.78, 5) is 15.2. The van der Waals surface area contributed by atoms with E-state index in [-0.39, 0.29) is 23.0 Å². The Hall–Kier alpha value is -1.41. The molecule has 1 heterocycles. The topological polar surface area (TPSA) is 62.8 Å². The molecule has 1 aliphatic heterocycles. The highest BCUT2D eigenvalue weighted by atomic mass is 35.5. The van der Waals surface area contributed by atoms with Gasteiger partial charge in [-0.05, 0) is 44.7 Å². The molecule has 0 bridgehead atoms. The van der Waals surface area contributed by atoms with Gasteiger partial charge in [0.2, 0.25) is 0 Å². The first-order chi connectivity index (χ1) is 17.0. The molecule has 1 aliphatic carbocycles. The van der Waals surface area contributed by atoms with Gasteiger partial charge >= 0.3 is 6.03 Å². The summed E-state index contributed by atoms with van der Waals surface area (Å²) in [5.41, 5.74) is 0.465. The average Bonchev–Trinajstić information content (AvgIpc) is 2.87. The highest BCUT2D eigenvalue weighted by Crippen LogP contribution is 2.36. The molecule has 2 N–H and O–H groups in total. The van der Waals surface area contributed by atoms with Crippen LogP contribution in [0, 0.1) is 17.7 Å². The van der Waals surface area contributed by atoms with Gasteiger partial charge in [-0.2, -0.15) is 0 Å². The van der Waals surface area contributed by atoms with Crippen molar-refractivity contribution < 1.29 is 18.7 Å². The monoisotopic (exact) mass is 511 g/mol. The zero-order valence-electron chi connectivity index (χ0n) is 21.4. The van der Waals surface area contributed by atoms with E-state index in [9.17, 15) is 9.18 Å². The molecule has 1 aromatic rings. The standard InChI is InChI=1S/C27H43ClFN3O3/c1-30-18-22(17-20-9-4-3-5-10-20)31-27(33)32-14-7-11-21(19-32)26(35-16-8-15-34-2)23-12-6-13-24(28)25(23)29/h6,12-13,20-22,26,30H,3-5,7-11,14-19H2,1-2H3,(H,31,33)/t21-,22+,26-/m1/s1. The molecule has 1 saturated carbocycles. The highest BCUT2D eigenvalue weighted by molar-refractivity contribution is 6.30. The Bertz CT molecular complexity index is 778. The van der Waals surface area contributed by atoms with Crippen LogP contribution in [0.1, 0.15) is 69.5 Å². The Morgan fingerprint density at radius 1 is 1.20 bits per heavy atom. The predicted molar refractivity (Wildman–Crippen MR) is 138 cm³/mol. The molecule has 2 aliphatic rings.